The van der Waals surface area contributed by atoms with Crippen LogP contribution < -0.4 is 10.1 Å². The molecular formula is C18H26F2N2O2. The summed E-state index contributed by atoms with van der Waals surface area (Å²) in [5, 5.41) is 2.78. The standard InChI is InChI=1S/C18H26F2N2O2/c19-18(20)24-16-10-4-3-9-15(16)17(23)21-11-5-8-14-22-12-6-1-2-7-13-22/h3-4,9-10,18H,1-2,5-8,11-14H2,(H,21,23). The molecule has 1 amide bonds. The fraction of sp³-hybridized carbons (Fsp3) is 0.611. The van der Waals surface area contributed by atoms with Crippen molar-refractivity contribution in [1.82, 2.24) is 10.2 Å². The maximum Gasteiger partial charge on any atom is 0.387 e. The van der Waals surface area contributed by atoms with Gasteiger partial charge in [-0.3, -0.25) is 4.79 Å². The Balaban J connectivity index is 1.69. The molecule has 0 unspecified atom stereocenters. The second-order valence-electron chi connectivity index (χ2n) is 6.09. The molecule has 1 fully saturated rings. The third-order valence-corrected chi connectivity index (χ3v) is 4.23. The summed E-state index contributed by atoms with van der Waals surface area (Å²) in [5.41, 5.74) is 0.144. The van der Waals surface area contributed by atoms with E-state index in [1.807, 2.05) is 0 Å². The van der Waals surface area contributed by atoms with E-state index in [-0.39, 0.29) is 17.2 Å². The van der Waals surface area contributed by atoms with Crippen molar-refractivity contribution in [3.05, 3.63) is 29.8 Å². The lowest BCUT2D eigenvalue weighted by molar-refractivity contribution is -0.0501. The van der Waals surface area contributed by atoms with E-state index >= 15 is 0 Å². The number of alkyl halides is 2. The van der Waals surface area contributed by atoms with Crippen LogP contribution >= 0.6 is 0 Å². The van der Waals surface area contributed by atoms with Crippen LogP contribution in [-0.2, 0) is 0 Å². The summed E-state index contributed by atoms with van der Waals surface area (Å²) in [7, 11) is 0. The molecule has 1 aromatic carbocycles. The molecule has 0 aliphatic carbocycles. The number of amides is 1. The van der Waals surface area contributed by atoms with Crippen molar-refractivity contribution >= 4 is 5.91 Å². The molecule has 6 heteroatoms. The van der Waals surface area contributed by atoms with Crippen LogP contribution in [0.15, 0.2) is 24.3 Å². The highest BCUT2D eigenvalue weighted by atomic mass is 19.3. The number of nitrogens with one attached hydrogen (secondary N) is 1. The minimum Gasteiger partial charge on any atom is -0.434 e. The van der Waals surface area contributed by atoms with E-state index in [2.05, 4.69) is 15.0 Å². The van der Waals surface area contributed by atoms with Gasteiger partial charge in [-0.25, -0.2) is 0 Å². The van der Waals surface area contributed by atoms with Crippen molar-refractivity contribution in [1.29, 1.82) is 0 Å². The highest BCUT2D eigenvalue weighted by molar-refractivity contribution is 5.96. The molecule has 0 atom stereocenters. The third-order valence-electron chi connectivity index (χ3n) is 4.23. The van der Waals surface area contributed by atoms with E-state index in [9.17, 15) is 13.6 Å². The number of carbonyl (C=O) groups is 1. The summed E-state index contributed by atoms with van der Waals surface area (Å²) >= 11 is 0. The lowest BCUT2D eigenvalue weighted by atomic mass is 10.2. The lowest BCUT2D eigenvalue weighted by Crippen LogP contribution is -2.28. The van der Waals surface area contributed by atoms with Gasteiger partial charge in [0, 0.05) is 6.54 Å². The number of benzene rings is 1. The minimum atomic E-state index is -2.94. The zero-order valence-corrected chi connectivity index (χ0v) is 14.0. The molecular weight excluding hydrogens is 314 g/mol. The van der Waals surface area contributed by atoms with Gasteiger partial charge in [0.15, 0.2) is 0 Å². The topological polar surface area (TPSA) is 41.6 Å². The first-order valence-corrected chi connectivity index (χ1v) is 8.71. The molecule has 0 saturated carbocycles. The summed E-state index contributed by atoms with van der Waals surface area (Å²) in [6, 6.07) is 6.06. The van der Waals surface area contributed by atoms with Gasteiger partial charge in [-0.1, -0.05) is 25.0 Å². The van der Waals surface area contributed by atoms with E-state index < -0.39 is 6.61 Å². The molecule has 1 aromatic rings. The van der Waals surface area contributed by atoms with Crippen LogP contribution in [0.5, 0.6) is 5.75 Å². The highest BCUT2D eigenvalue weighted by Gasteiger charge is 2.15. The van der Waals surface area contributed by atoms with Gasteiger partial charge in [-0.15, -0.1) is 0 Å². The first kappa shape index (κ1) is 18.6. The number of carbonyl (C=O) groups excluding carboxylic acids is 1. The van der Waals surface area contributed by atoms with Gasteiger partial charge in [-0.2, -0.15) is 8.78 Å². The van der Waals surface area contributed by atoms with Crippen LogP contribution in [0.4, 0.5) is 8.78 Å². The van der Waals surface area contributed by atoms with Crippen molar-refractivity contribution in [2.24, 2.45) is 0 Å². The summed E-state index contributed by atoms with van der Waals surface area (Å²) in [5.74, 6) is -0.462. The van der Waals surface area contributed by atoms with Gasteiger partial charge in [-0.05, 0) is 57.5 Å². The minimum absolute atomic E-state index is 0.0884. The molecule has 4 nitrogen and oxygen atoms in total. The average Bonchev–Trinajstić information content (AvgIpc) is 2.83. The normalized spacial score (nSPS) is 16.0. The van der Waals surface area contributed by atoms with Gasteiger partial charge in [0.2, 0.25) is 0 Å². The van der Waals surface area contributed by atoms with Crippen LogP contribution in [0.2, 0.25) is 0 Å². The Hall–Kier alpha value is -1.69. The SMILES string of the molecule is O=C(NCCCCN1CCCCCC1)c1ccccc1OC(F)F. The van der Waals surface area contributed by atoms with Crippen molar-refractivity contribution in [2.45, 2.75) is 45.1 Å². The molecule has 0 radical (unpaired) electrons. The van der Waals surface area contributed by atoms with Gasteiger partial charge < -0.3 is 15.0 Å². The predicted octanol–water partition coefficient (Wildman–Crippen LogP) is 3.67. The van der Waals surface area contributed by atoms with E-state index in [4.69, 9.17) is 0 Å². The van der Waals surface area contributed by atoms with Crippen LogP contribution in [0.25, 0.3) is 0 Å². The number of hydrogen-bond donors (Lipinski definition) is 1. The zero-order chi connectivity index (χ0) is 17.2. The third kappa shape index (κ3) is 6.43. The Labute approximate surface area is 142 Å². The first-order valence-electron chi connectivity index (χ1n) is 8.71. The monoisotopic (exact) mass is 340 g/mol. The van der Waals surface area contributed by atoms with Crippen LogP contribution in [-0.4, -0.2) is 43.6 Å². The number of para-hydroxylation sites is 1. The molecule has 134 valence electrons. The molecule has 0 bridgehead atoms. The summed E-state index contributed by atoms with van der Waals surface area (Å²) in [6.07, 6.45) is 7.10. The number of rotatable bonds is 8. The van der Waals surface area contributed by atoms with E-state index in [1.165, 1.54) is 50.9 Å². The second kappa shape index (κ2) is 10.2. The van der Waals surface area contributed by atoms with Crippen molar-refractivity contribution in [3.63, 3.8) is 0 Å². The average molecular weight is 340 g/mol. The Morgan fingerprint density at radius 1 is 1.12 bits per heavy atom. The fourth-order valence-corrected chi connectivity index (χ4v) is 2.97. The van der Waals surface area contributed by atoms with Crippen LogP contribution in [0.3, 0.4) is 0 Å². The van der Waals surface area contributed by atoms with Gasteiger partial charge in [0.1, 0.15) is 5.75 Å². The number of ether oxygens (including phenoxy) is 1. The van der Waals surface area contributed by atoms with Gasteiger partial charge in [0.25, 0.3) is 5.91 Å². The molecule has 1 heterocycles. The number of unbranched alkanes of at least 4 members (excludes halogenated alkanes) is 1. The first-order chi connectivity index (χ1) is 11.7. The number of nitrogens with zero attached hydrogens (tertiary/aromatic N) is 1. The van der Waals surface area contributed by atoms with Crippen molar-refractivity contribution in [2.75, 3.05) is 26.2 Å². The van der Waals surface area contributed by atoms with E-state index in [0.29, 0.717) is 6.54 Å². The number of hydrogen-bond acceptors (Lipinski definition) is 3. The molecule has 24 heavy (non-hydrogen) atoms. The molecule has 0 aromatic heterocycles. The lowest BCUT2D eigenvalue weighted by Gasteiger charge is -2.19. The quantitative estimate of drug-likeness (QED) is 0.734. The van der Waals surface area contributed by atoms with Crippen LogP contribution in [0.1, 0.15) is 48.9 Å². The molecule has 1 aliphatic rings. The molecule has 1 aliphatic heterocycles. The molecule has 1 saturated heterocycles. The Bertz CT molecular complexity index is 504. The Morgan fingerprint density at radius 3 is 2.54 bits per heavy atom. The maximum absolute atomic E-state index is 12.4. The van der Waals surface area contributed by atoms with Gasteiger partial charge in [0.05, 0.1) is 5.56 Å². The summed E-state index contributed by atoms with van der Waals surface area (Å²) < 4.78 is 29.1. The van der Waals surface area contributed by atoms with E-state index in [1.54, 1.807) is 12.1 Å². The van der Waals surface area contributed by atoms with Crippen molar-refractivity contribution in [3.8, 4) is 5.75 Å². The second-order valence-corrected chi connectivity index (χ2v) is 6.09. The van der Waals surface area contributed by atoms with E-state index in [0.717, 1.165) is 19.4 Å². The summed E-state index contributed by atoms with van der Waals surface area (Å²) in [6.45, 7) is 0.999. The molecule has 2 rings (SSSR count). The van der Waals surface area contributed by atoms with Crippen LogP contribution in [0, 0.1) is 0 Å². The van der Waals surface area contributed by atoms with Crippen molar-refractivity contribution < 1.29 is 18.3 Å². The largest absolute Gasteiger partial charge is 0.434 e. The molecule has 0 spiro atoms. The number of halogens is 2. The van der Waals surface area contributed by atoms with Gasteiger partial charge >= 0.3 is 6.61 Å². The zero-order valence-electron chi connectivity index (χ0n) is 14.0. The predicted molar refractivity (Wildman–Crippen MR) is 89.5 cm³/mol. The number of likely N-dealkylation sites (tertiary alicyclic amines) is 1. The smallest absolute Gasteiger partial charge is 0.387 e. The molecule has 1 N–H and O–H groups in total. The fourth-order valence-electron chi connectivity index (χ4n) is 2.97. The maximum atomic E-state index is 12.4. The Morgan fingerprint density at radius 2 is 1.83 bits per heavy atom. The summed E-state index contributed by atoms with van der Waals surface area (Å²) in [4.78, 5) is 14.6. The highest BCUT2D eigenvalue weighted by Crippen LogP contribution is 2.20. The Kier molecular flexibility index (Phi) is 7.95.